The van der Waals surface area contributed by atoms with E-state index in [1.54, 1.807) is 0 Å². The number of rotatable bonds is 3. The van der Waals surface area contributed by atoms with Crippen LogP contribution < -0.4 is 0 Å². The van der Waals surface area contributed by atoms with Crippen molar-refractivity contribution in [2.45, 2.75) is 27.3 Å². The van der Waals surface area contributed by atoms with Crippen molar-refractivity contribution in [3.63, 3.8) is 0 Å². The van der Waals surface area contributed by atoms with Gasteiger partial charge in [0.2, 0.25) is 0 Å². The summed E-state index contributed by atoms with van der Waals surface area (Å²) in [6.45, 7) is 5.77. The number of fused-ring (bicyclic) bond motifs is 1. The number of aryl methyl sites for hydroxylation is 3. The molecule has 0 atom stereocenters. The fourth-order valence-electron chi connectivity index (χ4n) is 3.06. The van der Waals surface area contributed by atoms with E-state index in [-0.39, 0.29) is 12.5 Å². The molecule has 0 saturated heterocycles. The molecule has 0 radical (unpaired) electrons. The average molecular weight is 334 g/mol. The highest BCUT2D eigenvalue weighted by Crippen LogP contribution is 2.26. The Morgan fingerprint density at radius 2 is 1.92 bits per heavy atom. The van der Waals surface area contributed by atoms with Gasteiger partial charge < -0.3 is 8.98 Å². The quantitative estimate of drug-likeness (QED) is 0.572. The Bertz CT molecular complexity index is 1080. The SMILES string of the molecule is Cc1cc(C)n(C(=O)Cn2c(-c3ccc(C)o3)nc3ccccc32)n1. The summed E-state index contributed by atoms with van der Waals surface area (Å²) >= 11 is 0. The molecule has 4 rings (SSSR count). The van der Waals surface area contributed by atoms with Gasteiger partial charge in [-0.3, -0.25) is 4.79 Å². The molecule has 6 nitrogen and oxygen atoms in total. The zero-order valence-corrected chi connectivity index (χ0v) is 14.4. The van der Waals surface area contributed by atoms with Gasteiger partial charge in [-0.2, -0.15) is 5.10 Å². The number of furan rings is 1. The molecule has 0 N–H and O–H groups in total. The van der Waals surface area contributed by atoms with Crippen LogP contribution in [0.2, 0.25) is 0 Å². The van der Waals surface area contributed by atoms with E-state index in [0.29, 0.717) is 11.6 Å². The van der Waals surface area contributed by atoms with E-state index < -0.39 is 0 Å². The van der Waals surface area contributed by atoms with Crippen molar-refractivity contribution in [3.8, 4) is 11.6 Å². The standard InChI is InChI=1S/C19H18N4O2/c1-12-10-13(2)23(21-12)18(24)11-22-16-7-5-4-6-15(16)20-19(22)17-9-8-14(3)25-17/h4-10H,11H2,1-3H3. The van der Waals surface area contributed by atoms with Crippen LogP contribution in [0.15, 0.2) is 46.9 Å². The Morgan fingerprint density at radius 1 is 1.12 bits per heavy atom. The summed E-state index contributed by atoms with van der Waals surface area (Å²) < 4.78 is 9.06. The number of benzene rings is 1. The molecule has 0 spiro atoms. The van der Waals surface area contributed by atoms with E-state index in [9.17, 15) is 4.79 Å². The summed E-state index contributed by atoms with van der Waals surface area (Å²) in [5, 5.41) is 4.29. The summed E-state index contributed by atoms with van der Waals surface area (Å²) in [6.07, 6.45) is 0. The molecule has 0 aliphatic rings. The molecule has 0 amide bonds. The lowest BCUT2D eigenvalue weighted by atomic mass is 10.3. The number of carbonyl (C=O) groups is 1. The Labute approximate surface area is 144 Å². The first-order chi connectivity index (χ1) is 12.0. The van der Waals surface area contributed by atoms with E-state index in [4.69, 9.17) is 4.42 Å². The first-order valence-electron chi connectivity index (χ1n) is 8.11. The molecule has 0 aliphatic carbocycles. The van der Waals surface area contributed by atoms with Gasteiger partial charge in [0, 0.05) is 5.69 Å². The van der Waals surface area contributed by atoms with Crippen LogP contribution in [0.5, 0.6) is 0 Å². The third-order valence-electron chi connectivity index (χ3n) is 4.15. The van der Waals surface area contributed by atoms with E-state index in [1.165, 1.54) is 4.68 Å². The maximum atomic E-state index is 12.8. The predicted molar refractivity (Wildman–Crippen MR) is 94.5 cm³/mol. The van der Waals surface area contributed by atoms with Gasteiger partial charge in [0.1, 0.15) is 12.3 Å². The van der Waals surface area contributed by atoms with E-state index in [0.717, 1.165) is 28.2 Å². The molecular weight excluding hydrogens is 316 g/mol. The van der Waals surface area contributed by atoms with Crippen molar-refractivity contribution in [1.82, 2.24) is 19.3 Å². The van der Waals surface area contributed by atoms with Crippen molar-refractivity contribution >= 4 is 16.9 Å². The van der Waals surface area contributed by atoms with Crippen molar-refractivity contribution in [2.75, 3.05) is 0 Å². The van der Waals surface area contributed by atoms with Crippen LogP contribution in [0.3, 0.4) is 0 Å². The van der Waals surface area contributed by atoms with Crippen LogP contribution in [-0.4, -0.2) is 25.2 Å². The number of carbonyl (C=O) groups excluding carboxylic acids is 1. The van der Waals surface area contributed by atoms with Gasteiger partial charge >= 0.3 is 0 Å². The normalized spacial score (nSPS) is 11.3. The van der Waals surface area contributed by atoms with Crippen LogP contribution in [-0.2, 0) is 6.54 Å². The lowest BCUT2D eigenvalue weighted by molar-refractivity contribution is 0.0874. The highest BCUT2D eigenvalue weighted by atomic mass is 16.3. The van der Waals surface area contributed by atoms with Gasteiger partial charge in [-0.25, -0.2) is 9.67 Å². The largest absolute Gasteiger partial charge is 0.458 e. The molecule has 0 bridgehead atoms. The first-order valence-corrected chi connectivity index (χ1v) is 8.11. The van der Waals surface area contributed by atoms with Crippen molar-refractivity contribution in [3.05, 3.63) is 59.6 Å². The highest BCUT2D eigenvalue weighted by Gasteiger charge is 2.19. The lowest BCUT2D eigenvalue weighted by Crippen LogP contribution is -2.20. The van der Waals surface area contributed by atoms with Crippen molar-refractivity contribution < 1.29 is 9.21 Å². The Kier molecular flexibility index (Phi) is 3.53. The second-order valence-corrected chi connectivity index (χ2v) is 6.15. The number of para-hydroxylation sites is 2. The number of nitrogens with zero attached hydrogens (tertiary/aromatic N) is 4. The first kappa shape index (κ1) is 15.4. The molecule has 0 fully saturated rings. The summed E-state index contributed by atoms with van der Waals surface area (Å²) in [6, 6.07) is 13.4. The van der Waals surface area contributed by atoms with Gasteiger partial charge in [-0.15, -0.1) is 0 Å². The Morgan fingerprint density at radius 3 is 2.60 bits per heavy atom. The Balaban J connectivity index is 1.82. The van der Waals surface area contributed by atoms with Gasteiger partial charge in [0.15, 0.2) is 11.6 Å². The van der Waals surface area contributed by atoms with Crippen molar-refractivity contribution in [1.29, 1.82) is 0 Å². The third kappa shape index (κ3) is 2.65. The van der Waals surface area contributed by atoms with Crippen LogP contribution in [0.25, 0.3) is 22.6 Å². The monoisotopic (exact) mass is 334 g/mol. The molecular formula is C19H18N4O2. The van der Waals surface area contributed by atoms with Gasteiger partial charge in [-0.1, -0.05) is 12.1 Å². The number of hydrogen-bond donors (Lipinski definition) is 0. The summed E-state index contributed by atoms with van der Waals surface area (Å²) in [7, 11) is 0. The fraction of sp³-hybridized carbons (Fsp3) is 0.211. The number of hydrogen-bond acceptors (Lipinski definition) is 4. The lowest BCUT2D eigenvalue weighted by Gasteiger charge is -2.08. The zero-order valence-electron chi connectivity index (χ0n) is 14.4. The summed E-state index contributed by atoms with van der Waals surface area (Å²) in [4.78, 5) is 17.5. The minimum absolute atomic E-state index is 0.113. The molecule has 0 unspecified atom stereocenters. The molecule has 1 aromatic carbocycles. The average Bonchev–Trinajstić information content (AvgIpc) is 3.25. The summed E-state index contributed by atoms with van der Waals surface area (Å²) in [5.41, 5.74) is 3.36. The summed E-state index contributed by atoms with van der Waals surface area (Å²) in [5.74, 6) is 1.98. The molecule has 126 valence electrons. The predicted octanol–water partition coefficient (Wildman–Crippen LogP) is 3.76. The molecule has 25 heavy (non-hydrogen) atoms. The van der Waals surface area contributed by atoms with E-state index in [2.05, 4.69) is 10.1 Å². The van der Waals surface area contributed by atoms with Crippen LogP contribution in [0, 0.1) is 20.8 Å². The van der Waals surface area contributed by atoms with Crippen LogP contribution in [0.4, 0.5) is 0 Å². The molecule has 0 saturated carbocycles. The highest BCUT2D eigenvalue weighted by molar-refractivity contribution is 5.85. The third-order valence-corrected chi connectivity index (χ3v) is 4.15. The van der Waals surface area contributed by atoms with E-state index in [1.807, 2.05) is 67.8 Å². The number of aromatic nitrogens is 4. The second-order valence-electron chi connectivity index (χ2n) is 6.15. The zero-order chi connectivity index (χ0) is 17.6. The smallest absolute Gasteiger partial charge is 0.267 e. The van der Waals surface area contributed by atoms with Crippen molar-refractivity contribution in [2.24, 2.45) is 0 Å². The van der Waals surface area contributed by atoms with Crippen LogP contribution in [0.1, 0.15) is 21.9 Å². The Hall–Kier alpha value is -3.15. The molecule has 4 aromatic rings. The minimum Gasteiger partial charge on any atom is -0.458 e. The van der Waals surface area contributed by atoms with E-state index >= 15 is 0 Å². The molecule has 0 aliphatic heterocycles. The molecule has 6 heteroatoms. The van der Waals surface area contributed by atoms with Gasteiger partial charge in [-0.05, 0) is 51.1 Å². The fourth-order valence-corrected chi connectivity index (χ4v) is 3.06. The van der Waals surface area contributed by atoms with Crippen LogP contribution >= 0.6 is 0 Å². The molecule has 3 heterocycles. The molecule has 3 aromatic heterocycles. The second kappa shape index (κ2) is 5.73. The topological polar surface area (TPSA) is 65.8 Å². The maximum Gasteiger partial charge on any atom is 0.267 e. The number of imidazole rings is 1. The van der Waals surface area contributed by atoms with Gasteiger partial charge in [0.25, 0.3) is 5.91 Å². The maximum absolute atomic E-state index is 12.8. The van der Waals surface area contributed by atoms with Gasteiger partial charge in [0.05, 0.1) is 16.7 Å². The minimum atomic E-state index is -0.113.